The number of benzene rings is 1. The summed E-state index contributed by atoms with van der Waals surface area (Å²) in [6, 6.07) is 6.62. The first-order valence-electron chi connectivity index (χ1n) is 8.46. The minimum Gasteiger partial charge on any atom is -0.399 e. The van der Waals surface area contributed by atoms with Crippen molar-refractivity contribution in [2.24, 2.45) is 0 Å². The van der Waals surface area contributed by atoms with Gasteiger partial charge in [-0.15, -0.1) is 0 Å². The highest BCUT2D eigenvalue weighted by molar-refractivity contribution is 6.62. The molecule has 0 spiro atoms. The van der Waals surface area contributed by atoms with Crippen LogP contribution in [0, 0.1) is 6.92 Å². The van der Waals surface area contributed by atoms with Crippen molar-refractivity contribution in [3.63, 3.8) is 0 Å². The number of hydrogen-bond acceptors (Lipinski definition) is 3. The number of aryl methyl sites for hydroxylation is 1. The third-order valence-corrected chi connectivity index (χ3v) is 5.49. The van der Waals surface area contributed by atoms with E-state index in [0.717, 1.165) is 12.0 Å². The molecule has 0 N–H and O–H groups in total. The molecular formula is C18H28BNO2. The molecule has 2 aliphatic heterocycles. The highest BCUT2D eigenvalue weighted by Crippen LogP contribution is 2.36. The summed E-state index contributed by atoms with van der Waals surface area (Å²) in [4.78, 5) is 2.54. The Bertz CT molecular complexity index is 534. The maximum atomic E-state index is 6.18. The van der Waals surface area contributed by atoms with Gasteiger partial charge < -0.3 is 9.31 Å². The molecule has 1 aromatic rings. The molecule has 4 heteroatoms. The largest absolute Gasteiger partial charge is 0.494 e. The van der Waals surface area contributed by atoms with Crippen LogP contribution < -0.4 is 5.46 Å². The Hall–Kier alpha value is -0.835. The zero-order valence-electron chi connectivity index (χ0n) is 14.6. The van der Waals surface area contributed by atoms with E-state index in [2.05, 4.69) is 57.7 Å². The van der Waals surface area contributed by atoms with E-state index in [9.17, 15) is 0 Å². The molecule has 3 nitrogen and oxygen atoms in total. The summed E-state index contributed by atoms with van der Waals surface area (Å²) >= 11 is 0. The summed E-state index contributed by atoms with van der Waals surface area (Å²) < 4.78 is 12.4. The Labute approximate surface area is 135 Å². The zero-order chi connectivity index (χ0) is 16.0. The number of likely N-dealkylation sites (tertiary alicyclic amines) is 1. The van der Waals surface area contributed by atoms with Crippen LogP contribution in [0.3, 0.4) is 0 Å². The minimum absolute atomic E-state index is 0.261. The highest BCUT2D eigenvalue weighted by Gasteiger charge is 2.51. The molecule has 2 heterocycles. The molecule has 0 radical (unpaired) electrons. The normalized spacial score (nSPS) is 24.1. The standard InChI is InChI=1S/C18H28BNO2/c1-14-8-9-16(12-15(14)13-20-10-6-7-11-20)19-21-17(2,3)18(4,5)22-19/h8-9,12H,6-7,10-11,13H2,1-5H3. The van der Waals surface area contributed by atoms with E-state index in [1.165, 1.54) is 37.1 Å². The van der Waals surface area contributed by atoms with E-state index in [1.807, 2.05) is 0 Å². The van der Waals surface area contributed by atoms with Gasteiger partial charge in [0, 0.05) is 6.54 Å². The van der Waals surface area contributed by atoms with Crippen molar-refractivity contribution in [1.29, 1.82) is 0 Å². The second kappa shape index (κ2) is 5.66. The van der Waals surface area contributed by atoms with Gasteiger partial charge in [0.2, 0.25) is 0 Å². The van der Waals surface area contributed by atoms with E-state index in [1.54, 1.807) is 0 Å². The molecule has 22 heavy (non-hydrogen) atoms. The molecule has 0 aliphatic carbocycles. The van der Waals surface area contributed by atoms with Gasteiger partial charge in [0.05, 0.1) is 11.2 Å². The molecule has 2 aliphatic rings. The number of hydrogen-bond donors (Lipinski definition) is 0. The maximum Gasteiger partial charge on any atom is 0.494 e. The third kappa shape index (κ3) is 2.97. The zero-order valence-corrected chi connectivity index (χ0v) is 14.6. The molecule has 3 rings (SSSR count). The third-order valence-electron chi connectivity index (χ3n) is 5.49. The van der Waals surface area contributed by atoms with Crippen molar-refractivity contribution in [3.05, 3.63) is 29.3 Å². The molecule has 1 aromatic carbocycles. The Morgan fingerprint density at radius 2 is 1.64 bits per heavy atom. The van der Waals surface area contributed by atoms with Crippen LogP contribution in [-0.4, -0.2) is 36.3 Å². The Morgan fingerprint density at radius 1 is 1.05 bits per heavy atom. The van der Waals surface area contributed by atoms with Gasteiger partial charge in [-0.3, -0.25) is 4.90 Å². The van der Waals surface area contributed by atoms with Crippen molar-refractivity contribution in [1.82, 2.24) is 4.90 Å². The number of nitrogens with zero attached hydrogens (tertiary/aromatic N) is 1. The first-order chi connectivity index (χ1) is 10.3. The fraction of sp³-hybridized carbons (Fsp3) is 0.667. The van der Waals surface area contributed by atoms with Crippen molar-refractivity contribution in [2.45, 2.75) is 65.2 Å². The number of rotatable bonds is 3. The monoisotopic (exact) mass is 301 g/mol. The van der Waals surface area contributed by atoms with E-state index in [4.69, 9.17) is 9.31 Å². The fourth-order valence-corrected chi connectivity index (χ4v) is 3.17. The average molecular weight is 301 g/mol. The predicted octanol–water partition coefficient (Wildman–Crippen LogP) is 2.89. The lowest BCUT2D eigenvalue weighted by Crippen LogP contribution is -2.41. The summed E-state index contributed by atoms with van der Waals surface area (Å²) in [5.74, 6) is 0. The van der Waals surface area contributed by atoms with Gasteiger partial charge in [-0.05, 0) is 77.1 Å². The molecule has 120 valence electrons. The van der Waals surface area contributed by atoms with Gasteiger partial charge in [0.15, 0.2) is 0 Å². The molecule has 2 saturated heterocycles. The summed E-state index contributed by atoms with van der Waals surface area (Å²) in [5, 5.41) is 0. The van der Waals surface area contributed by atoms with Crippen molar-refractivity contribution >= 4 is 12.6 Å². The second-order valence-corrected chi connectivity index (χ2v) is 7.76. The molecule has 2 fully saturated rings. The Balaban J connectivity index is 1.80. The van der Waals surface area contributed by atoms with Gasteiger partial charge >= 0.3 is 7.12 Å². The van der Waals surface area contributed by atoms with E-state index in [-0.39, 0.29) is 18.3 Å². The van der Waals surface area contributed by atoms with Crippen LogP contribution in [0.2, 0.25) is 0 Å². The van der Waals surface area contributed by atoms with Crippen molar-refractivity contribution in [3.8, 4) is 0 Å². The van der Waals surface area contributed by atoms with Crippen LogP contribution >= 0.6 is 0 Å². The predicted molar refractivity (Wildman–Crippen MR) is 91.4 cm³/mol. The quantitative estimate of drug-likeness (QED) is 0.801. The second-order valence-electron chi connectivity index (χ2n) is 7.76. The maximum absolute atomic E-state index is 6.18. The summed E-state index contributed by atoms with van der Waals surface area (Å²) in [7, 11) is -0.261. The summed E-state index contributed by atoms with van der Waals surface area (Å²) in [5.41, 5.74) is 3.33. The van der Waals surface area contributed by atoms with Crippen LogP contribution in [0.4, 0.5) is 0 Å². The summed E-state index contributed by atoms with van der Waals surface area (Å²) in [6.45, 7) is 14.1. The lowest BCUT2D eigenvalue weighted by atomic mass is 9.77. The molecule has 0 bridgehead atoms. The van der Waals surface area contributed by atoms with E-state index in [0.29, 0.717) is 0 Å². The van der Waals surface area contributed by atoms with Crippen LogP contribution in [0.25, 0.3) is 0 Å². The van der Waals surface area contributed by atoms with Gasteiger partial charge in [-0.1, -0.05) is 18.2 Å². The van der Waals surface area contributed by atoms with Crippen LogP contribution in [0.1, 0.15) is 51.7 Å². The van der Waals surface area contributed by atoms with Gasteiger partial charge in [0.1, 0.15) is 0 Å². The van der Waals surface area contributed by atoms with Gasteiger partial charge in [-0.25, -0.2) is 0 Å². The lowest BCUT2D eigenvalue weighted by Gasteiger charge is -2.32. The summed E-state index contributed by atoms with van der Waals surface area (Å²) in [6.07, 6.45) is 2.66. The topological polar surface area (TPSA) is 21.7 Å². The van der Waals surface area contributed by atoms with Crippen LogP contribution in [-0.2, 0) is 15.9 Å². The fourth-order valence-electron chi connectivity index (χ4n) is 3.17. The molecular weight excluding hydrogens is 273 g/mol. The van der Waals surface area contributed by atoms with Gasteiger partial charge in [-0.2, -0.15) is 0 Å². The average Bonchev–Trinajstić information content (AvgIpc) is 2.99. The van der Waals surface area contributed by atoms with Crippen molar-refractivity contribution < 1.29 is 9.31 Å². The Kier molecular flexibility index (Phi) is 4.13. The first kappa shape index (κ1) is 16.0. The lowest BCUT2D eigenvalue weighted by molar-refractivity contribution is 0.00578. The van der Waals surface area contributed by atoms with E-state index >= 15 is 0 Å². The van der Waals surface area contributed by atoms with E-state index < -0.39 is 0 Å². The Morgan fingerprint density at radius 3 is 2.23 bits per heavy atom. The van der Waals surface area contributed by atoms with Crippen molar-refractivity contribution in [2.75, 3.05) is 13.1 Å². The molecule has 0 atom stereocenters. The molecule has 0 aromatic heterocycles. The highest BCUT2D eigenvalue weighted by atomic mass is 16.7. The molecule has 0 amide bonds. The smallest absolute Gasteiger partial charge is 0.399 e. The van der Waals surface area contributed by atoms with Crippen LogP contribution in [0.5, 0.6) is 0 Å². The first-order valence-corrected chi connectivity index (χ1v) is 8.46. The van der Waals surface area contributed by atoms with Crippen LogP contribution in [0.15, 0.2) is 18.2 Å². The molecule has 0 unspecified atom stereocenters. The molecule has 0 saturated carbocycles. The minimum atomic E-state index is -0.280. The SMILES string of the molecule is Cc1ccc(B2OC(C)(C)C(C)(C)O2)cc1CN1CCCC1. The van der Waals surface area contributed by atoms with Gasteiger partial charge in [0.25, 0.3) is 0 Å².